The molecule has 3 nitrogen and oxygen atoms in total. The van der Waals surface area contributed by atoms with Gasteiger partial charge in [0.2, 0.25) is 0 Å². The van der Waals surface area contributed by atoms with Crippen molar-refractivity contribution in [3.8, 4) is 0 Å². The molecule has 3 heteroatoms. The maximum atomic E-state index is 12.9. The monoisotopic (exact) mass is 474 g/mol. The molecule has 0 saturated heterocycles. The van der Waals surface area contributed by atoms with E-state index in [1.165, 1.54) is 32.1 Å². The molecule has 0 heterocycles. The van der Waals surface area contributed by atoms with E-state index in [9.17, 15) is 15.0 Å². The second kappa shape index (κ2) is 8.49. The first kappa shape index (κ1) is 26.5. The van der Waals surface area contributed by atoms with Crippen molar-refractivity contribution < 1.29 is 15.0 Å². The van der Waals surface area contributed by atoms with E-state index in [4.69, 9.17) is 0 Å². The summed E-state index contributed by atoms with van der Waals surface area (Å²) in [7, 11) is 0. The topological polar surface area (TPSA) is 57.5 Å². The van der Waals surface area contributed by atoms with Gasteiger partial charge in [0.15, 0.2) is 0 Å². The number of carbonyl (C=O) groups is 1. The third-order valence-corrected chi connectivity index (χ3v) is 12.8. The number of carboxylic acids is 1. The molecule has 34 heavy (non-hydrogen) atoms. The van der Waals surface area contributed by atoms with Gasteiger partial charge in [-0.2, -0.15) is 0 Å². The molecule has 9 atom stereocenters. The van der Waals surface area contributed by atoms with Crippen LogP contribution in [0.2, 0.25) is 0 Å². The molecule has 0 spiro atoms. The van der Waals surface area contributed by atoms with Gasteiger partial charge < -0.3 is 10.2 Å². The second-order valence-electron chi connectivity index (χ2n) is 15.4. The molecule has 0 aliphatic heterocycles. The highest BCUT2D eigenvalue weighted by Crippen LogP contribution is 2.75. The van der Waals surface area contributed by atoms with Gasteiger partial charge in [0, 0.05) is 0 Å². The van der Waals surface area contributed by atoms with Crippen LogP contribution in [0.3, 0.4) is 0 Å². The largest absolute Gasteiger partial charge is 0.481 e. The van der Waals surface area contributed by atoms with E-state index in [-0.39, 0.29) is 27.8 Å². The number of carboxylic acid groups (broad SMARTS) is 1. The fraction of sp³-hybridized carbons (Fsp3) is 0.968. The Kier molecular flexibility index (Phi) is 6.61. The lowest BCUT2D eigenvalue weighted by Gasteiger charge is -2.69. The van der Waals surface area contributed by atoms with E-state index in [1.807, 2.05) is 0 Å². The lowest BCUT2D eigenvalue weighted by Crippen LogP contribution is -2.63. The molecule has 4 aliphatic rings. The van der Waals surface area contributed by atoms with Crippen molar-refractivity contribution in [1.29, 1.82) is 0 Å². The molecule has 2 N–H and O–H groups in total. The van der Waals surface area contributed by atoms with Crippen LogP contribution in [0.1, 0.15) is 126 Å². The van der Waals surface area contributed by atoms with E-state index < -0.39 is 11.4 Å². The summed E-state index contributed by atoms with van der Waals surface area (Å²) in [5, 5.41) is 21.2. The Hall–Kier alpha value is -0.570. The number of aliphatic carboxylic acids is 1. The molecule has 4 fully saturated rings. The Morgan fingerprint density at radius 3 is 2.21 bits per heavy atom. The molecule has 0 bridgehead atoms. The molecule has 196 valence electrons. The van der Waals surface area contributed by atoms with Crippen molar-refractivity contribution in [2.24, 2.45) is 56.7 Å². The molecule has 3 unspecified atom stereocenters. The average molecular weight is 475 g/mol. The number of rotatable bonds is 5. The summed E-state index contributed by atoms with van der Waals surface area (Å²) in [5.41, 5.74) is 0.432. The number of aliphatic hydroxyl groups excluding tert-OH is 1. The molecule has 0 amide bonds. The normalized spacial score (nSPS) is 47.6. The van der Waals surface area contributed by atoms with Crippen molar-refractivity contribution in [3.63, 3.8) is 0 Å². The van der Waals surface area contributed by atoms with Crippen molar-refractivity contribution in [3.05, 3.63) is 0 Å². The van der Waals surface area contributed by atoms with Gasteiger partial charge in [-0.05, 0) is 115 Å². The Morgan fingerprint density at radius 1 is 0.941 bits per heavy atom. The van der Waals surface area contributed by atoms with E-state index >= 15 is 0 Å². The third kappa shape index (κ3) is 3.72. The van der Waals surface area contributed by atoms with Crippen LogP contribution < -0.4 is 0 Å². The smallest absolute Gasteiger partial charge is 0.309 e. The van der Waals surface area contributed by atoms with Crippen LogP contribution >= 0.6 is 0 Å². The summed E-state index contributed by atoms with van der Waals surface area (Å²) in [6.07, 6.45) is 12.1. The highest BCUT2D eigenvalue weighted by atomic mass is 16.4. The first-order valence-electron chi connectivity index (χ1n) is 14.5. The van der Waals surface area contributed by atoms with Gasteiger partial charge in [-0.1, -0.05) is 61.8 Å². The molecule has 0 aromatic carbocycles. The number of aliphatic hydroxyl groups is 1. The van der Waals surface area contributed by atoms with Gasteiger partial charge in [0.1, 0.15) is 0 Å². The molecule has 0 radical (unpaired) electrons. The Morgan fingerprint density at radius 2 is 1.62 bits per heavy atom. The summed E-state index contributed by atoms with van der Waals surface area (Å²) in [4.78, 5) is 12.9. The third-order valence-electron chi connectivity index (χ3n) is 12.8. The minimum atomic E-state index is -0.505. The van der Waals surface area contributed by atoms with Crippen LogP contribution in [-0.2, 0) is 4.79 Å². The van der Waals surface area contributed by atoms with Crippen molar-refractivity contribution in [2.75, 3.05) is 0 Å². The summed E-state index contributed by atoms with van der Waals surface area (Å²) < 4.78 is 0. The zero-order chi connectivity index (χ0) is 25.3. The van der Waals surface area contributed by atoms with Crippen LogP contribution in [-0.4, -0.2) is 22.3 Å². The predicted octanol–water partition coefficient (Wildman–Crippen LogP) is 7.95. The first-order chi connectivity index (χ1) is 15.6. The fourth-order valence-electron chi connectivity index (χ4n) is 10.5. The molecule has 4 saturated carbocycles. The van der Waals surface area contributed by atoms with Gasteiger partial charge in [-0.3, -0.25) is 4.79 Å². The Bertz CT molecular complexity index is 782. The molecule has 0 aromatic heterocycles. The maximum Gasteiger partial charge on any atom is 0.309 e. The second-order valence-corrected chi connectivity index (χ2v) is 15.4. The molecule has 4 aliphatic carbocycles. The van der Waals surface area contributed by atoms with Crippen LogP contribution in [0, 0.1) is 56.7 Å². The minimum absolute atomic E-state index is 0.159. The van der Waals surface area contributed by atoms with Crippen LogP contribution in [0.15, 0.2) is 0 Å². The van der Waals surface area contributed by atoms with E-state index in [0.29, 0.717) is 29.6 Å². The minimum Gasteiger partial charge on any atom is -0.481 e. The predicted molar refractivity (Wildman–Crippen MR) is 139 cm³/mol. The van der Waals surface area contributed by atoms with Gasteiger partial charge in [0.05, 0.1) is 11.5 Å². The number of hydrogen-bond donors (Lipinski definition) is 2. The van der Waals surface area contributed by atoms with Crippen LogP contribution in [0.25, 0.3) is 0 Å². The summed E-state index contributed by atoms with van der Waals surface area (Å²) >= 11 is 0. The van der Waals surface area contributed by atoms with Gasteiger partial charge in [-0.15, -0.1) is 0 Å². The Labute approximate surface area is 209 Å². The van der Waals surface area contributed by atoms with E-state index in [1.54, 1.807) is 0 Å². The summed E-state index contributed by atoms with van der Waals surface area (Å²) in [5.74, 6) is 1.85. The molecule has 4 rings (SSSR count). The Balaban J connectivity index is 1.69. The van der Waals surface area contributed by atoms with Gasteiger partial charge >= 0.3 is 5.97 Å². The van der Waals surface area contributed by atoms with E-state index in [2.05, 4.69) is 55.4 Å². The molecular weight excluding hydrogens is 420 g/mol. The fourth-order valence-corrected chi connectivity index (χ4v) is 10.5. The summed E-state index contributed by atoms with van der Waals surface area (Å²) in [6, 6.07) is 0. The first-order valence-corrected chi connectivity index (χ1v) is 14.5. The average Bonchev–Trinajstić information content (AvgIpc) is 3.14. The van der Waals surface area contributed by atoms with Crippen molar-refractivity contribution in [2.45, 2.75) is 132 Å². The number of hydrogen-bond acceptors (Lipinski definition) is 2. The maximum absolute atomic E-state index is 12.9. The quantitative estimate of drug-likeness (QED) is 0.425. The lowest BCUT2D eigenvalue weighted by atomic mass is 9.35. The highest BCUT2D eigenvalue weighted by molar-refractivity contribution is 5.76. The van der Waals surface area contributed by atoms with Gasteiger partial charge in [-0.25, -0.2) is 0 Å². The lowest BCUT2D eigenvalue weighted by molar-refractivity contribution is -0.217. The molecule has 0 aromatic rings. The zero-order valence-corrected chi connectivity index (χ0v) is 23.5. The van der Waals surface area contributed by atoms with E-state index in [0.717, 1.165) is 38.5 Å². The highest BCUT2D eigenvalue weighted by Gasteiger charge is 2.70. The SMILES string of the molecule is CC(C)[C@@H](O)CC[C@@]1(C)CCC[C@]2(C)C1CCC1C3[C@H](C(C)(C)C)CC[C@]3(C(=O)O)CC[C@]12C. The van der Waals surface area contributed by atoms with Crippen LogP contribution in [0.4, 0.5) is 0 Å². The van der Waals surface area contributed by atoms with Gasteiger partial charge in [0.25, 0.3) is 0 Å². The van der Waals surface area contributed by atoms with Crippen molar-refractivity contribution >= 4 is 5.97 Å². The number of fused-ring (bicyclic) bond motifs is 5. The zero-order valence-electron chi connectivity index (χ0n) is 23.5. The molecular formula is C31H54O3. The standard InChI is InChI=1S/C31H54O3/c1-20(2)23(32)13-16-28(6)14-9-15-30(8)24(28)11-10-22-25-21(27(3,4)5)12-17-31(25,26(33)34)19-18-29(22,30)7/h20-25,32H,9-19H2,1-8H3,(H,33,34)/t21-,22?,23+,24?,25?,28-,29-,30-,31+/m1/s1. The summed E-state index contributed by atoms with van der Waals surface area (Å²) in [6.45, 7) is 19.1. The van der Waals surface area contributed by atoms with Crippen molar-refractivity contribution in [1.82, 2.24) is 0 Å². The van der Waals surface area contributed by atoms with Crippen LogP contribution in [0.5, 0.6) is 0 Å².